The lowest BCUT2D eigenvalue weighted by Crippen LogP contribution is -2.03. The van der Waals surface area contributed by atoms with Gasteiger partial charge in [-0.05, 0) is 52.7 Å². The molecule has 0 aliphatic heterocycles. The highest BCUT2D eigenvalue weighted by atomic mass is 79.9. The number of nitrogens with one attached hydrogen (secondary N) is 1. The monoisotopic (exact) mass is 548 g/mol. The fourth-order valence-electron chi connectivity index (χ4n) is 3.96. The zero-order valence-corrected chi connectivity index (χ0v) is 21.2. The molecule has 0 bridgehead atoms. The van der Waals surface area contributed by atoms with Gasteiger partial charge in [-0.25, -0.2) is 9.82 Å². The molecule has 0 atom stereocenters. The van der Waals surface area contributed by atoms with Crippen molar-refractivity contribution >= 4 is 50.2 Å². The molecule has 0 fully saturated rings. The number of hydrogen-bond acceptors (Lipinski definition) is 7. The number of halogens is 2. The Kier molecular flexibility index (Phi) is 6.77. The van der Waals surface area contributed by atoms with Crippen molar-refractivity contribution in [3.05, 3.63) is 82.1 Å². The van der Waals surface area contributed by atoms with Gasteiger partial charge < -0.3 is 14.0 Å². The van der Waals surface area contributed by atoms with Crippen LogP contribution in [0.5, 0.6) is 11.5 Å². The highest BCUT2D eigenvalue weighted by molar-refractivity contribution is 9.10. The molecule has 1 N–H and O–H groups in total. The fourth-order valence-corrected chi connectivity index (χ4v) is 4.53. The summed E-state index contributed by atoms with van der Waals surface area (Å²) in [7, 11) is 1.54. The van der Waals surface area contributed by atoms with E-state index in [1.165, 1.54) is 6.07 Å². The van der Waals surface area contributed by atoms with Crippen molar-refractivity contribution in [2.24, 2.45) is 5.10 Å². The molecule has 0 saturated carbocycles. The summed E-state index contributed by atoms with van der Waals surface area (Å²) < 4.78 is 28.0. The molecule has 8 nitrogen and oxygen atoms in total. The van der Waals surface area contributed by atoms with Gasteiger partial charge in [-0.1, -0.05) is 36.4 Å². The molecule has 0 spiro atoms. The first-order valence-electron chi connectivity index (χ1n) is 11.2. The maximum atomic E-state index is 13.9. The quantitative estimate of drug-likeness (QED) is 0.191. The predicted octanol–water partition coefficient (Wildman–Crippen LogP) is 5.93. The molecular weight excluding hydrogens is 527 g/mol. The lowest BCUT2D eigenvalue weighted by molar-refractivity contribution is 0.278. The number of ether oxygens (including phenoxy) is 2. The third kappa shape index (κ3) is 4.59. The van der Waals surface area contributed by atoms with E-state index < -0.39 is 0 Å². The zero-order chi connectivity index (χ0) is 25.1. The number of fused-ring (bicyclic) bond motifs is 3. The van der Waals surface area contributed by atoms with E-state index in [0.717, 1.165) is 34.2 Å². The summed E-state index contributed by atoms with van der Waals surface area (Å²) in [5.41, 5.74) is 6.59. The Morgan fingerprint density at radius 2 is 1.92 bits per heavy atom. The molecule has 0 radical (unpaired) electrons. The number of hydrazone groups is 1. The fraction of sp³-hybridized carbons (Fsp3) is 0.154. The number of rotatable bonds is 8. The highest BCUT2D eigenvalue weighted by Gasteiger charge is 2.14. The van der Waals surface area contributed by atoms with Crippen molar-refractivity contribution in [2.45, 2.75) is 20.1 Å². The topological polar surface area (TPSA) is 86.5 Å². The molecule has 5 rings (SSSR count). The molecule has 0 aliphatic carbocycles. The molecule has 36 heavy (non-hydrogen) atoms. The Morgan fingerprint density at radius 3 is 2.72 bits per heavy atom. The molecular formula is C26H22BrFN6O2. The van der Waals surface area contributed by atoms with Crippen LogP contribution in [0.2, 0.25) is 0 Å². The van der Waals surface area contributed by atoms with Crippen LogP contribution in [0.3, 0.4) is 0 Å². The lowest BCUT2D eigenvalue weighted by Gasteiger charge is -2.14. The van der Waals surface area contributed by atoms with Gasteiger partial charge in [-0.15, -0.1) is 10.2 Å². The molecule has 3 aromatic carbocycles. The van der Waals surface area contributed by atoms with Crippen molar-refractivity contribution in [3.63, 3.8) is 0 Å². The number of aryl methyl sites for hydroxylation is 1. The van der Waals surface area contributed by atoms with Gasteiger partial charge in [0.2, 0.25) is 0 Å². The minimum Gasteiger partial charge on any atom is -0.493 e. The van der Waals surface area contributed by atoms with Crippen LogP contribution in [0.4, 0.5) is 10.3 Å². The number of methoxy groups -OCH3 is 1. The first-order chi connectivity index (χ1) is 17.6. The van der Waals surface area contributed by atoms with Crippen LogP contribution < -0.4 is 14.9 Å². The normalized spacial score (nSPS) is 11.4. The maximum Gasteiger partial charge on any atom is 0.265 e. The summed E-state index contributed by atoms with van der Waals surface area (Å²) in [4.78, 5) is 4.62. The Labute approximate surface area is 214 Å². The summed E-state index contributed by atoms with van der Waals surface area (Å²) in [6.45, 7) is 2.89. The third-order valence-corrected chi connectivity index (χ3v) is 6.24. The van der Waals surface area contributed by atoms with Gasteiger partial charge in [0.25, 0.3) is 5.95 Å². The smallest absolute Gasteiger partial charge is 0.265 e. The van der Waals surface area contributed by atoms with Crippen LogP contribution in [-0.2, 0) is 13.2 Å². The van der Waals surface area contributed by atoms with E-state index in [1.54, 1.807) is 37.6 Å². The third-order valence-electron chi connectivity index (χ3n) is 5.65. The van der Waals surface area contributed by atoms with Crippen molar-refractivity contribution in [1.29, 1.82) is 0 Å². The summed E-state index contributed by atoms with van der Waals surface area (Å²) in [5.74, 6) is 0.911. The maximum absolute atomic E-state index is 13.9. The molecule has 2 heterocycles. The molecule has 5 aromatic rings. The molecule has 182 valence electrons. The Balaban J connectivity index is 1.35. The standard InChI is InChI=1S/C26H22BrFN6O2/c1-3-34-21-11-7-5-9-18(21)23-25(34)30-26(33-31-23)32-29-14-16-12-19(27)24(22(13-16)35-2)36-15-17-8-4-6-10-20(17)28/h4-14H,3,15H2,1-2H3,(H,30,32,33)/b29-14+. The molecule has 2 aromatic heterocycles. The minimum atomic E-state index is -0.323. The van der Waals surface area contributed by atoms with Gasteiger partial charge in [0.15, 0.2) is 17.1 Å². The molecule has 0 saturated heterocycles. The van der Waals surface area contributed by atoms with E-state index in [0.29, 0.717) is 21.5 Å². The summed E-state index contributed by atoms with van der Waals surface area (Å²) in [5, 5.41) is 13.8. The van der Waals surface area contributed by atoms with Gasteiger partial charge >= 0.3 is 0 Å². The molecule has 0 unspecified atom stereocenters. The second-order valence-electron chi connectivity index (χ2n) is 7.85. The Hall–Kier alpha value is -4.05. The number of nitrogens with zero attached hydrogens (tertiary/aromatic N) is 5. The number of hydrogen-bond donors (Lipinski definition) is 1. The second-order valence-corrected chi connectivity index (χ2v) is 8.71. The summed E-state index contributed by atoms with van der Waals surface area (Å²) in [6.07, 6.45) is 1.61. The van der Waals surface area contributed by atoms with Gasteiger partial charge in [0, 0.05) is 17.5 Å². The average Bonchev–Trinajstić information content (AvgIpc) is 3.21. The zero-order valence-electron chi connectivity index (χ0n) is 19.6. The van der Waals surface area contributed by atoms with Crippen molar-refractivity contribution < 1.29 is 13.9 Å². The van der Waals surface area contributed by atoms with Gasteiger partial charge in [0.05, 0.1) is 23.3 Å². The largest absolute Gasteiger partial charge is 0.493 e. The number of anilines is 1. The summed E-state index contributed by atoms with van der Waals surface area (Å²) >= 11 is 3.51. The number of benzene rings is 3. The first-order valence-corrected chi connectivity index (χ1v) is 12.0. The number of aromatic nitrogens is 4. The van der Waals surface area contributed by atoms with Crippen LogP contribution in [0, 0.1) is 5.82 Å². The second kappa shape index (κ2) is 10.3. The van der Waals surface area contributed by atoms with Crippen LogP contribution >= 0.6 is 15.9 Å². The van der Waals surface area contributed by atoms with Crippen LogP contribution in [-0.4, -0.2) is 33.1 Å². The lowest BCUT2D eigenvalue weighted by atomic mass is 10.2. The van der Waals surface area contributed by atoms with Gasteiger partial charge in [-0.2, -0.15) is 10.1 Å². The van der Waals surface area contributed by atoms with Gasteiger partial charge in [0.1, 0.15) is 17.9 Å². The van der Waals surface area contributed by atoms with Crippen molar-refractivity contribution in [2.75, 3.05) is 12.5 Å². The van der Waals surface area contributed by atoms with E-state index >= 15 is 0 Å². The Morgan fingerprint density at radius 1 is 1.11 bits per heavy atom. The van der Waals surface area contributed by atoms with E-state index in [-0.39, 0.29) is 18.4 Å². The van der Waals surface area contributed by atoms with Crippen molar-refractivity contribution in [3.8, 4) is 11.5 Å². The van der Waals surface area contributed by atoms with Crippen LogP contribution in [0.1, 0.15) is 18.1 Å². The molecule has 0 aliphatic rings. The number of para-hydroxylation sites is 1. The SMILES string of the molecule is CCn1c2ccccc2c2nnc(N/N=C/c3cc(Br)c(OCc4ccccc4F)c(OC)c3)nc21. The highest BCUT2D eigenvalue weighted by Crippen LogP contribution is 2.37. The van der Waals surface area contributed by atoms with Crippen molar-refractivity contribution in [1.82, 2.24) is 19.7 Å². The van der Waals surface area contributed by atoms with Crippen LogP contribution in [0.25, 0.3) is 22.1 Å². The first kappa shape index (κ1) is 23.7. The van der Waals surface area contributed by atoms with E-state index in [9.17, 15) is 4.39 Å². The van der Waals surface area contributed by atoms with Gasteiger partial charge in [-0.3, -0.25) is 0 Å². The van der Waals surface area contributed by atoms with Crippen LogP contribution in [0.15, 0.2) is 70.2 Å². The average molecular weight is 549 g/mol. The van der Waals surface area contributed by atoms with E-state index in [1.807, 2.05) is 30.3 Å². The van der Waals surface area contributed by atoms with E-state index in [4.69, 9.17) is 9.47 Å². The molecule has 10 heteroatoms. The predicted molar refractivity (Wildman–Crippen MR) is 141 cm³/mol. The minimum absolute atomic E-state index is 0.0674. The van der Waals surface area contributed by atoms with E-state index in [2.05, 4.69) is 53.1 Å². The summed E-state index contributed by atoms with van der Waals surface area (Å²) in [6, 6.07) is 18.1. The Bertz CT molecular complexity index is 1590. The molecule has 0 amide bonds.